The number of carbonyl (C=O) groups excluding carboxylic acids is 4. The predicted octanol–water partition coefficient (Wildman–Crippen LogP) is 10.5. The molecule has 0 atom stereocenters. The van der Waals surface area contributed by atoms with Crippen LogP contribution in [0.3, 0.4) is 0 Å². The van der Waals surface area contributed by atoms with Crippen LogP contribution in [0.15, 0.2) is 127 Å². The van der Waals surface area contributed by atoms with Crippen LogP contribution in [0, 0.1) is 52.4 Å². The van der Waals surface area contributed by atoms with Gasteiger partial charge in [0, 0.05) is 74.6 Å². The van der Waals surface area contributed by atoms with Crippen molar-refractivity contribution in [1.82, 2.24) is 72.4 Å². The fraction of sp³-hybridized carbons (Fsp3) is 0.370. The van der Waals surface area contributed by atoms with Crippen molar-refractivity contribution in [2.75, 3.05) is 70.8 Å². The Morgan fingerprint density at radius 3 is 1.44 bits per heavy atom. The van der Waals surface area contributed by atoms with Crippen LogP contribution in [0.2, 0.25) is 30.9 Å². The molecule has 119 heavy (non-hydrogen) atoms. The Morgan fingerprint density at radius 2 is 1.04 bits per heavy atom. The predicted molar refractivity (Wildman–Crippen MR) is 449 cm³/mol. The fourth-order valence-electron chi connectivity index (χ4n) is 12.9. The Bertz CT molecular complexity index is 5630. The first-order chi connectivity index (χ1) is 55.8. The molecule has 646 valence electrons. The average Bonchev–Trinajstić information content (AvgIpc) is 1.44. The van der Waals surface area contributed by atoms with Crippen LogP contribution in [-0.4, -0.2) is 186 Å². The third-order valence-electron chi connectivity index (χ3n) is 18.9. The van der Waals surface area contributed by atoms with E-state index in [9.17, 15) is 53.8 Å². The number of nitrogens with zero attached hydrogens (tertiary/aromatic N) is 12. The number of hydrogen-bond donors (Lipinski definition) is 8. The standard InChI is InChI=1S/C14H19ClN6O2S.C12H12NO2P.C8H11ClN2O2.C8H10ClNO2.C8H11NO2.C7H5Cl2N3.C7H6ClN3O.C7H15N3O2S.C2HF3O/c1-9-3-11(15)21-12(9)13(17-8-18-21)20-6-14(7-20)4-10(5-14)19(2)24(16,22)23;13-15-16(14,11-7-3-1-4-8-11)12-9-5-2-6-10-12;1-3-13-8(12)7-5(2)4-6(9)11(7)10;1-3-12-8(11)7-5(2)4-6(9)10-7;1-3-11-8(10)7-6(2)4-5-9-7;1-4-2-5(8)12-6(4)7(9)10-3-11-12;1-4-2-5(8)11-6(4)7(12)9-3-10-11;1-10(13(8,11)12)6-2-7(3-6)4-9-5-7;3-2(4,5)1-6/h3,8,10H,4-7H2,1-2H3,(H2,16,22,23);1-10H,13H2;4H,3,10H2,1-2H3;4,10H,3H2,1-2H3;4-5,9H,3H2,1-2H3;2-3H,1H3;2-3H,1H3,(H,9,10,12);6,9H,2-5H2,1H3,(H2,8,11,12);1H. The average molecular weight is 1840 g/mol. The molecule has 15 rings (SSSR count). The van der Waals surface area contributed by atoms with Crippen molar-refractivity contribution in [3.8, 4) is 0 Å². The summed E-state index contributed by atoms with van der Waals surface area (Å²) in [6.07, 6.45) is 3.80. The highest BCUT2D eigenvalue weighted by Gasteiger charge is 2.55. The van der Waals surface area contributed by atoms with Gasteiger partial charge in [-0.2, -0.15) is 53.9 Å². The van der Waals surface area contributed by atoms with Crippen molar-refractivity contribution in [3.05, 3.63) is 214 Å². The Kier molecular flexibility index (Phi) is 34.3. The molecule has 12 N–H and O–H groups in total. The van der Waals surface area contributed by atoms with Gasteiger partial charge in [-0.3, -0.25) is 14.2 Å². The highest BCUT2D eigenvalue weighted by atomic mass is 35.5. The lowest BCUT2D eigenvalue weighted by Gasteiger charge is -2.60. The van der Waals surface area contributed by atoms with E-state index >= 15 is 0 Å². The molecule has 0 radical (unpaired) electrons. The lowest BCUT2D eigenvalue weighted by atomic mass is 9.60. The Hall–Kier alpha value is -9.00. The molecule has 0 unspecified atom stereocenters. The minimum absolute atomic E-state index is 0.00273. The topological polar surface area (TPSA) is 463 Å². The normalized spacial score (nSPS) is 14.4. The summed E-state index contributed by atoms with van der Waals surface area (Å²) in [5, 5.41) is 29.4. The molecule has 2 saturated heterocycles. The molecule has 11 heterocycles. The maximum absolute atomic E-state index is 12.6. The third-order valence-corrected chi connectivity index (χ3v) is 25.0. The zero-order valence-electron chi connectivity index (χ0n) is 66.1. The molecular weight excluding hydrogens is 1750 g/mol. The van der Waals surface area contributed by atoms with Crippen LogP contribution in [0.25, 0.3) is 16.6 Å². The maximum atomic E-state index is 12.6. The maximum Gasteiger partial charge on any atom is 0.446 e. The number of aryl methyl sites for hydroxylation is 6. The van der Waals surface area contributed by atoms with E-state index in [-0.39, 0.29) is 35.0 Å². The van der Waals surface area contributed by atoms with Crippen LogP contribution in [0.1, 0.15) is 111 Å². The second-order valence-electron chi connectivity index (χ2n) is 27.4. The molecule has 2 spiro atoms. The zero-order valence-corrected chi connectivity index (χ0v) is 73.2. The number of aromatic amines is 3. The first kappa shape index (κ1) is 97.1. The minimum Gasteiger partial charge on any atom is -0.461 e. The monoisotopic (exact) mass is 1830 g/mol. The number of ether oxygens (including phenoxy) is 3. The van der Waals surface area contributed by atoms with E-state index in [0.717, 1.165) is 101 Å². The van der Waals surface area contributed by atoms with Crippen LogP contribution in [0.5, 0.6) is 0 Å². The summed E-state index contributed by atoms with van der Waals surface area (Å²) in [5.41, 5.74) is 9.14. The number of benzene rings is 2. The molecule has 11 aromatic rings. The summed E-state index contributed by atoms with van der Waals surface area (Å²) in [6.45, 7) is 21.3. The van der Waals surface area contributed by atoms with Gasteiger partial charge in [0.1, 0.15) is 72.7 Å². The van der Waals surface area contributed by atoms with Gasteiger partial charge in [-0.25, -0.2) is 63.4 Å². The number of nitrogen functional groups attached to an aromatic ring is 1. The molecule has 0 amide bonds. The number of rotatable bonds is 14. The summed E-state index contributed by atoms with van der Waals surface area (Å²) >= 11 is 35.0. The van der Waals surface area contributed by atoms with E-state index in [2.05, 4.69) is 50.4 Å². The van der Waals surface area contributed by atoms with E-state index in [4.69, 9.17) is 115 Å². The number of alkyl halides is 3. The molecule has 0 bridgehead atoms. The Balaban J connectivity index is 0.000000188. The van der Waals surface area contributed by atoms with Gasteiger partial charge in [0.25, 0.3) is 33.3 Å². The van der Waals surface area contributed by atoms with Crippen LogP contribution < -0.4 is 48.4 Å². The zero-order chi connectivity index (χ0) is 88.4. The number of esters is 3. The van der Waals surface area contributed by atoms with Crippen LogP contribution in [-0.2, 0) is 48.6 Å². The first-order valence-electron chi connectivity index (χ1n) is 35.9. The molecule has 9 aromatic heterocycles. The number of carbonyl (C=O) groups is 4. The summed E-state index contributed by atoms with van der Waals surface area (Å²) in [4.78, 5) is 72.0. The van der Waals surface area contributed by atoms with Crippen molar-refractivity contribution in [2.45, 2.75) is 106 Å². The van der Waals surface area contributed by atoms with E-state index in [1.807, 2.05) is 76.2 Å². The summed E-state index contributed by atoms with van der Waals surface area (Å²) < 4.78 is 116. The van der Waals surface area contributed by atoms with Crippen molar-refractivity contribution in [2.24, 2.45) is 27.0 Å². The first-order valence-corrected chi connectivity index (χ1v) is 42.8. The highest BCUT2D eigenvalue weighted by Crippen LogP contribution is 2.52. The molecule has 2 aromatic carbocycles. The number of aldehydes is 1. The number of fused-ring (bicyclic) bond motifs is 3. The molecule has 46 heteroatoms. The summed E-state index contributed by atoms with van der Waals surface area (Å²) in [6, 6.07) is 28.6. The van der Waals surface area contributed by atoms with Crippen molar-refractivity contribution >= 4 is 155 Å². The molecule has 34 nitrogen and oxygen atoms in total. The van der Waals surface area contributed by atoms with Crippen molar-refractivity contribution in [1.29, 1.82) is 0 Å². The largest absolute Gasteiger partial charge is 0.461 e. The van der Waals surface area contributed by atoms with Gasteiger partial charge in [-0.1, -0.05) is 106 Å². The smallest absolute Gasteiger partial charge is 0.446 e. The number of aromatic nitrogens is 12. The molecule has 4 fully saturated rings. The Morgan fingerprint density at radius 1 is 0.605 bits per heavy atom. The second-order valence-corrected chi connectivity index (χ2v) is 35.3. The number of H-pyrrole nitrogens is 3. The van der Waals surface area contributed by atoms with Crippen molar-refractivity contribution < 1.29 is 72.6 Å². The minimum atomic E-state index is -4.64. The van der Waals surface area contributed by atoms with Gasteiger partial charge in [-0.15, -0.1) is 0 Å². The SMILES string of the molecule is CCOC(=O)c1[nH]c(Cl)cc1C.CCOC(=O)c1[nH]ccc1C.CCOC(=O)c1c(C)cc(Cl)n1N.CN(C1CC2(CNC2)C1)S(N)(=O)=O.Cc1cc(Cl)n2nc[nH]c(=O)c12.Cc1cc(Cl)n2ncnc(Cl)c12.Cc1cc(Cl)n2ncnc(N3CC4(CC(N(C)S(N)(=O)=O)C4)C3)c12.NOP(=O)(c1ccccc1)c1ccccc1.O=CC(F)(F)F. The number of nitrogens with one attached hydrogen (secondary N) is 4. The fourth-order valence-corrected chi connectivity index (χ4v) is 17.3. The Labute approximate surface area is 712 Å². The molecule has 2 aliphatic carbocycles. The van der Waals surface area contributed by atoms with Crippen LogP contribution in [0.4, 0.5) is 19.0 Å². The van der Waals surface area contributed by atoms with Gasteiger partial charge in [0.15, 0.2) is 16.7 Å². The van der Waals surface area contributed by atoms with Gasteiger partial charge in [-0.05, 0) is 187 Å². The molecule has 2 aliphatic heterocycles. The number of halogens is 9. The van der Waals surface area contributed by atoms with Gasteiger partial charge < -0.3 is 45.2 Å². The van der Waals surface area contributed by atoms with Gasteiger partial charge >= 0.3 is 24.1 Å². The van der Waals surface area contributed by atoms with Crippen molar-refractivity contribution in [3.63, 3.8) is 0 Å². The van der Waals surface area contributed by atoms with E-state index in [0.29, 0.717) is 94.9 Å². The quantitative estimate of drug-likeness (QED) is 0.0125. The van der Waals surface area contributed by atoms with Crippen LogP contribution >= 0.6 is 77.0 Å². The lowest BCUT2D eigenvalue weighted by molar-refractivity contribution is -0.156. The molecule has 4 aliphatic rings. The van der Waals surface area contributed by atoms with E-state index in [1.165, 1.54) is 32.1 Å². The van der Waals surface area contributed by atoms with E-state index < -0.39 is 46.2 Å². The van der Waals surface area contributed by atoms with Gasteiger partial charge in [0.2, 0.25) is 6.29 Å². The van der Waals surface area contributed by atoms with E-state index in [1.54, 1.807) is 112 Å². The lowest BCUT2D eigenvalue weighted by Crippen LogP contribution is -2.67. The van der Waals surface area contributed by atoms with Gasteiger partial charge in [0.05, 0.1) is 19.8 Å². The number of nitrogens with two attached hydrogens (primary N) is 4. The summed E-state index contributed by atoms with van der Waals surface area (Å²) in [5.74, 6) is 10.5. The molecular formula is C73H90Cl6F3N20O14PS2. The summed E-state index contributed by atoms with van der Waals surface area (Å²) in [7, 11) is -7.13. The number of anilines is 1. The third kappa shape index (κ3) is 24.9. The second kappa shape index (κ2) is 42.0. The molecule has 2 saturated carbocycles. The number of hydrogen-bond acceptors (Lipinski definition) is 23. The highest BCUT2D eigenvalue weighted by molar-refractivity contribution is 7.87.